The summed E-state index contributed by atoms with van der Waals surface area (Å²) in [7, 11) is 0. The Morgan fingerprint density at radius 3 is 2.69 bits per heavy atom. The van der Waals surface area contributed by atoms with Crippen molar-refractivity contribution in [2.45, 2.75) is 6.92 Å². The smallest absolute Gasteiger partial charge is 0.248 e. The minimum Gasteiger partial charge on any atom is -0.323 e. The van der Waals surface area contributed by atoms with Gasteiger partial charge >= 0.3 is 0 Å². The van der Waals surface area contributed by atoms with Crippen molar-refractivity contribution in [1.82, 2.24) is 19.8 Å². The number of nitrogens with one attached hydrogen (secondary N) is 1. The Hall–Kier alpha value is -3.32. The summed E-state index contributed by atoms with van der Waals surface area (Å²) in [5.74, 6) is 0.581. The highest BCUT2D eigenvalue weighted by Gasteiger charge is 2.11. The SMILES string of the molecule is C/C=C/C(=O)Nc1ccc(-c2ccc3nnc(-c4cccs4)n3n2)cc1. The number of allylic oxidation sites excluding steroid dienone is 1. The van der Waals surface area contributed by atoms with E-state index in [1.165, 1.54) is 6.08 Å². The quantitative estimate of drug-likeness (QED) is 0.557. The molecule has 0 aliphatic carbocycles. The highest BCUT2D eigenvalue weighted by Crippen LogP contribution is 2.25. The molecule has 4 rings (SSSR count). The lowest BCUT2D eigenvalue weighted by atomic mass is 10.1. The van der Waals surface area contributed by atoms with Crippen molar-refractivity contribution in [3.63, 3.8) is 0 Å². The van der Waals surface area contributed by atoms with E-state index in [9.17, 15) is 4.79 Å². The van der Waals surface area contributed by atoms with Crippen molar-refractivity contribution in [2.24, 2.45) is 0 Å². The number of anilines is 1. The van der Waals surface area contributed by atoms with Gasteiger partial charge in [0, 0.05) is 11.3 Å². The number of carbonyl (C=O) groups excluding carboxylic acids is 1. The minimum absolute atomic E-state index is 0.148. The molecule has 1 amide bonds. The molecule has 0 spiro atoms. The van der Waals surface area contributed by atoms with E-state index in [4.69, 9.17) is 0 Å². The summed E-state index contributed by atoms with van der Waals surface area (Å²) in [5, 5.41) is 17.9. The van der Waals surface area contributed by atoms with Crippen LogP contribution >= 0.6 is 11.3 Å². The largest absolute Gasteiger partial charge is 0.323 e. The molecule has 0 saturated carbocycles. The Balaban J connectivity index is 1.66. The summed E-state index contributed by atoms with van der Waals surface area (Å²) >= 11 is 1.60. The third kappa shape index (κ3) is 3.12. The van der Waals surface area contributed by atoms with Crippen molar-refractivity contribution < 1.29 is 4.79 Å². The van der Waals surface area contributed by atoms with Gasteiger partial charge in [0.1, 0.15) is 0 Å². The molecule has 128 valence electrons. The standard InChI is InChI=1S/C19H15N5OS/c1-2-4-18(25)20-14-8-6-13(7-9-14)15-10-11-17-21-22-19(24(17)23-15)16-5-3-12-26-16/h2-12H,1H3,(H,20,25)/b4-2+. The van der Waals surface area contributed by atoms with E-state index >= 15 is 0 Å². The number of amides is 1. The van der Waals surface area contributed by atoms with Crippen LogP contribution in [0.4, 0.5) is 5.69 Å². The number of thiophene rings is 1. The fraction of sp³-hybridized carbons (Fsp3) is 0.0526. The molecule has 0 bridgehead atoms. The average molecular weight is 361 g/mol. The summed E-state index contributed by atoms with van der Waals surface area (Å²) < 4.78 is 1.75. The van der Waals surface area contributed by atoms with E-state index in [0.29, 0.717) is 5.65 Å². The molecule has 1 N–H and O–H groups in total. The van der Waals surface area contributed by atoms with Crippen LogP contribution in [-0.4, -0.2) is 25.7 Å². The van der Waals surface area contributed by atoms with Gasteiger partial charge in [-0.1, -0.05) is 24.3 Å². The maximum atomic E-state index is 11.6. The Morgan fingerprint density at radius 2 is 1.96 bits per heavy atom. The zero-order chi connectivity index (χ0) is 17.9. The van der Waals surface area contributed by atoms with Crippen molar-refractivity contribution in [2.75, 3.05) is 5.32 Å². The average Bonchev–Trinajstić information content (AvgIpc) is 3.31. The molecule has 3 aromatic heterocycles. The summed E-state index contributed by atoms with van der Waals surface area (Å²) in [5.41, 5.74) is 3.19. The first-order valence-corrected chi connectivity index (χ1v) is 8.93. The van der Waals surface area contributed by atoms with Gasteiger partial charge in [-0.3, -0.25) is 4.79 Å². The van der Waals surface area contributed by atoms with Gasteiger partial charge in [-0.05, 0) is 48.7 Å². The van der Waals surface area contributed by atoms with Gasteiger partial charge in [-0.15, -0.1) is 21.5 Å². The van der Waals surface area contributed by atoms with Crippen LogP contribution in [0.3, 0.4) is 0 Å². The highest BCUT2D eigenvalue weighted by atomic mass is 32.1. The first kappa shape index (κ1) is 16.2. The van der Waals surface area contributed by atoms with Gasteiger partial charge < -0.3 is 5.32 Å². The Labute approximate surface area is 153 Å². The van der Waals surface area contributed by atoms with E-state index in [1.54, 1.807) is 28.9 Å². The van der Waals surface area contributed by atoms with Crippen LogP contribution in [0.2, 0.25) is 0 Å². The second-order valence-corrected chi connectivity index (χ2v) is 6.50. The minimum atomic E-state index is -0.148. The first-order valence-electron chi connectivity index (χ1n) is 8.05. The van der Waals surface area contributed by atoms with Crippen molar-refractivity contribution in [1.29, 1.82) is 0 Å². The molecule has 7 heteroatoms. The molecule has 1 aromatic carbocycles. The molecular weight excluding hydrogens is 346 g/mol. The van der Waals surface area contributed by atoms with Gasteiger partial charge in [0.05, 0.1) is 10.6 Å². The summed E-state index contributed by atoms with van der Waals surface area (Å²) in [6.45, 7) is 1.81. The van der Waals surface area contributed by atoms with E-state index in [-0.39, 0.29) is 5.91 Å². The lowest BCUT2D eigenvalue weighted by molar-refractivity contribution is -0.111. The molecular formula is C19H15N5OS. The van der Waals surface area contributed by atoms with Crippen LogP contribution in [-0.2, 0) is 4.79 Å². The third-order valence-electron chi connectivity index (χ3n) is 3.77. The maximum absolute atomic E-state index is 11.6. The highest BCUT2D eigenvalue weighted by molar-refractivity contribution is 7.13. The van der Waals surface area contributed by atoms with Gasteiger partial charge in [0.25, 0.3) is 0 Å². The number of hydrogen-bond donors (Lipinski definition) is 1. The normalized spacial score (nSPS) is 11.3. The topological polar surface area (TPSA) is 72.2 Å². The molecule has 0 saturated heterocycles. The zero-order valence-corrected chi connectivity index (χ0v) is 14.8. The first-order chi connectivity index (χ1) is 12.7. The van der Waals surface area contributed by atoms with Crippen LogP contribution < -0.4 is 5.32 Å². The molecule has 0 aliphatic heterocycles. The van der Waals surface area contributed by atoms with Crippen LogP contribution in [0.25, 0.3) is 27.6 Å². The van der Waals surface area contributed by atoms with Gasteiger partial charge in [0.2, 0.25) is 5.91 Å². The van der Waals surface area contributed by atoms with E-state index in [1.807, 2.05) is 53.9 Å². The monoisotopic (exact) mass is 361 g/mol. The van der Waals surface area contributed by atoms with Gasteiger partial charge in [0.15, 0.2) is 11.5 Å². The summed E-state index contributed by atoms with van der Waals surface area (Å²) in [6, 6.07) is 15.3. The second kappa shape index (κ2) is 6.89. The number of benzene rings is 1. The summed E-state index contributed by atoms with van der Waals surface area (Å²) in [4.78, 5) is 12.6. The van der Waals surface area contributed by atoms with Crippen LogP contribution in [0.1, 0.15) is 6.92 Å². The zero-order valence-electron chi connectivity index (χ0n) is 14.0. The Bertz CT molecular complexity index is 1080. The molecule has 0 atom stereocenters. The molecule has 0 unspecified atom stereocenters. The maximum Gasteiger partial charge on any atom is 0.248 e. The molecule has 3 heterocycles. The van der Waals surface area contributed by atoms with Crippen molar-refractivity contribution in [3.05, 3.63) is 66.1 Å². The number of rotatable bonds is 4. The molecule has 0 fully saturated rings. The molecule has 6 nitrogen and oxygen atoms in total. The van der Waals surface area contributed by atoms with Crippen LogP contribution in [0.15, 0.2) is 66.1 Å². The predicted octanol–water partition coefficient (Wildman–Crippen LogP) is 4.03. The van der Waals surface area contributed by atoms with Crippen molar-refractivity contribution in [3.8, 4) is 22.0 Å². The van der Waals surface area contributed by atoms with Gasteiger partial charge in [-0.2, -0.15) is 9.61 Å². The lowest BCUT2D eigenvalue weighted by Gasteiger charge is -2.05. The van der Waals surface area contributed by atoms with E-state index in [2.05, 4.69) is 20.6 Å². The number of fused-ring (bicyclic) bond motifs is 1. The van der Waals surface area contributed by atoms with E-state index in [0.717, 1.165) is 27.6 Å². The molecule has 4 aromatic rings. The number of carbonyl (C=O) groups is 1. The molecule has 0 aliphatic rings. The number of hydrogen-bond acceptors (Lipinski definition) is 5. The van der Waals surface area contributed by atoms with Gasteiger partial charge in [-0.25, -0.2) is 0 Å². The number of aromatic nitrogens is 4. The third-order valence-corrected chi connectivity index (χ3v) is 4.64. The Kier molecular flexibility index (Phi) is 4.28. The number of nitrogens with zero attached hydrogens (tertiary/aromatic N) is 4. The summed E-state index contributed by atoms with van der Waals surface area (Å²) in [6.07, 6.45) is 3.19. The fourth-order valence-corrected chi connectivity index (χ4v) is 3.26. The van der Waals surface area contributed by atoms with Crippen molar-refractivity contribution >= 4 is 28.6 Å². The molecule has 0 radical (unpaired) electrons. The lowest BCUT2D eigenvalue weighted by Crippen LogP contribution is -2.07. The van der Waals surface area contributed by atoms with E-state index < -0.39 is 0 Å². The molecule has 26 heavy (non-hydrogen) atoms. The van der Waals surface area contributed by atoms with Crippen LogP contribution in [0, 0.1) is 0 Å². The fourth-order valence-electron chi connectivity index (χ4n) is 2.56. The van der Waals surface area contributed by atoms with Crippen LogP contribution in [0.5, 0.6) is 0 Å². The Morgan fingerprint density at radius 1 is 1.12 bits per heavy atom. The predicted molar refractivity (Wildman–Crippen MR) is 103 cm³/mol. The second-order valence-electron chi connectivity index (χ2n) is 5.56.